The first-order valence-corrected chi connectivity index (χ1v) is 5.47. The molecule has 16 heavy (non-hydrogen) atoms. The van der Waals surface area contributed by atoms with Gasteiger partial charge in [-0.15, -0.1) is 0 Å². The van der Waals surface area contributed by atoms with Crippen LogP contribution in [0, 0.1) is 10.8 Å². The van der Waals surface area contributed by atoms with Gasteiger partial charge in [0.2, 0.25) is 0 Å². The molecule has 0 fully saturated rings. The van der Waals surface area contributed by atoms with Gasteiger partial charge in [0.25, 0.3) is 0 Å². The van der Waals surface area contributed by atoms with Crippen molar-refractivity contribution in [1.29, 1.82) is 0 Å². The Balaban J connectivity index is 3.20. The van der Waals surface area contributed by atoms with Crippen molar-refractivity contribution in [2.75, 3.05) is 0 Å². The molecule has 1 aliphatic carbocycles. The van der Waals surface area contributed by atoms with Crippen LogP contribution >= 0.6 is 11.6 Å². The standard InChI is InChI=1S/C11H15ClO4/c1-3-11(9(15)16)5-7(12)4-10(2,6-11)8(13)14/h5H,3-4,6H2,1-2H3,(H,13,14)(H,15,16). The largest absolute Gasteiger partial charge is 0.481 e. The van der Waals surface area contributed by atoms with Crippen LogP contribution < -0.4 is 0 Å². The van der Waals surface area contributed by atoms with Crippen LogP contribution in [0.3, 0.4) is 0 Å². The molecule has 0 aromatic rings. The van der Waals surface area contributed by atoms with Gasteiger partial charge in [-0.05, 0) is 26.2 Å². The lowest BCUT2D eigenvalue weighted by Crippen LogP contribution is -2.42. The molecule has 0 spiro atoms. The lowest BCUT2D eigenvalue weighted by Gasteiger charge is -2.38. The van der Waals surface area contributed by atoms with Gasteiger partial charge in [-0.3, -0.25) is 9.59 Å². The summed E-state index contributed by atoms with van der Waals surface area (Å²) in [6, 6.07) is 0. The van der Waals surface area contributed by atoms with E-state index in [9.17, 15) is 14.7 Å². The molecule has 0 bridgehead atoms. The summed E-state index contributed by atoms with van der Waals surface area (Å²) in [6.07, 6.45) is 2.10. The molecule has 90 valence electrons. The molecule has 0 saturated heterocycles. The van der Waals surface area contributed by atoms with Gasteiger partial charge in [0.05, 0.1) is 10.8 Å². The number of aliphatic carboxylic acids is 2. The maximum absolute atomic E-state index is 11.3. The maximum atomic E-state index is 11.3. The van der Waals surface area contributed by atoms with Gasteiger partial charge in [0.15, 0.2) is 0 Å². The first-order valence-electron chi connectivity index (χ1n) is 5.10. The van der Waals surface area contributed by atoms with E-state index in [1.807, 2.05) is 0 Å². The highest BCUT2D eigenvalue weighted by Crippen LogP contribution is 2.48. The maximum Gasteiger partial charge on any atom is 0.313 e. The molecule has 2 atom stereocenters. The van der Waals surface area contributed by atoms with Crippen molar-refractivity contribution in [3.05, 3.63) is 11.1 Å². The predicted molar refractivity (Wildman–Crippen MR) is 59.3 cm³/mol. The minimum absolute atomic E-state index is 0.0807. The number of carboxylic acids is 2. The number of hydrogen-bond acceptors (Lipinski definition) is 2. The van der Waals surface area contributed by atoms with Crippen LogP contribution in [0.1, 0.15) is 33.1 Å². The van der Waals surface area contributed by atoms with Crippen LogP contribution in [0.2, 0.25) is 0 Å². The summed E-state index contributed by atoms with van der Waals surface area (Å²) in [5, 5.41) is 18.7. The SMILES string of the molecule is CCC1(C(=O)O)C=C(Cl)CC(C)(C(=O)O)C1. The lowest BCUT2D eigenvalue weighted by atomic mass is 9.65. The van der Waals surface area contributed by atoms with E-state index in [1.54, 1.807) is 6.92 Å². The third kappa shape index (κ3) is 2.07. The Bertz CT molecular complexity index is 363. The molecule has 2 N–H and O–H groups in total. The lowest BCUT2D eigenvalue weighted by molar-refractivity contribution is -0.155. The smallest absolute Gasteiger partial charge is 0.313 e. The van der Waals surface area contributed by atoms with Crippen molar-refractivity contribution in [1.82, 2.24) is 0 Å². The fourth-order valence-electron chi connectivity index (χ4n) is 2.20. The fraction of sp³-hybridized carbons (Fsp3) is 0.636. The van der Waals surface area contributed by atoms with Crippen LogP contribution in [0.4, 0.5) is 0 Å². The van der Waals surface area contributed by atoms with Gasteiger partial charge in [-0.1, -0.05) is 24.6 Å². The molecule has 0 saturated carbocycles. The minimum atomic E-state index is -1.15. The molecular weight excluding hydrogens is 232 g/mol. The van der Waals surface area contributed by atoms with Crippen LogP contribution in [-0.2, 0) is 9.59 Å². The van der Waals surface area contributed by atoms with Gasteiger partial charge in [-0.2, -0.15) is 0 Å². The Morgan fingerprint density at radius 2 is 2.00 bits per heavy atom. The Labute approximate surface area is 98.9 Å². The molecule has 0 aliphatic heterocycles. The van der Waals surface area contributed by atoms with E-state index in [-0.39, 0.29) is 12.8 Å². The van der Waals surface area contributed by atoms with Crippen molar-refractivity contribution in [2.24, 2.45) is 10.8 Å². The van der Waals surface area contributed by atoms with Crippen molar-refractivity contribution in [3.8, 4) is 0 Å². The van der Waals surface area contributed by atoms with E-state index in [4.69, 9.17) is 16.7 Å². The average Bonchev–Trinajstić information content (AvgIpc) is 2.15. The molecule has 2 unspecified atom stereocenters. The molecule has 0 amide bonds. The molecule has 0 heterocycles. The van der Waals surface area contributed by atoms with E-state index < -0.39 is 22.8 Å². The second kappa shape index (κ2) is 4.09. The molecule has 1 aliphatic rings. The van der Waals surface area contributed by atoms with E-state index in [2.05, 4.69) is 0 Å². The zero-order valence-electron chi connectivity index (χ0n) is 9.29. The van der Waals surface area contributed by atoms with Crippen LogP contribution in [0.25, 0.3) is 0 Å². The Hall–Kier alpha value is -1.03. The summed E-state index contributed by atoms with van der Waals surface area (Å²) in [5.41, 5.74) is -2.25. The summed E-state index contributed by atoms with van der Waals surface area (Å²) in [6.45, 7) is 3.26. The average molecular weight is 247 g/mol. The molecule has 0 aromatic carbocycles. The van der Waals surface area contributed by atoms with E-state index in [1.165, 1.54) is 13.0 Å². The number of rotatable bonds is 3. The summed E-state index contributed by atoms with van der Waals surface area (Å²) >= 11 is 5.89. The highest BCUT2D eigenvalue weighted by atomic mass is 35.5. The number of halogens is 1. The Morgan fingerprint density at radius 1 is 1.44 bits per heavy atom. The van der Waals surface area contributed by atoms with Crippen molar-refractivity contribution in [3.63, 3.8) is 0 Å². The van der Waals surface area contributed by atoms with Crippen LogP contribution in [0.5, 0.6) is 0 Å². The van der Waals surface area contributed by atoms with E-state index >= 15 is 0 Å². The first kappa shape index (κ1) is 13.0. The Kier molecular flexibility index (Phi) is 3.33. The van der Waals surface area contributed by atoms with Crippen molar-refractivity contribution >= 4 is 23.5 Å². The second-order valence-corrected chi connectivity index (χ2v) is 5.11. The second-order valence-electron chi connectivity index (χ2n) is 4.63. The van der Waals surface area contributed by atoms with Crippen molar-refractivity contribution in [2.45, 2.75) is 33.1 Å². The Morgan fingerprint density at radius 3 is 2.38 bits per heavy atom. The van der Waals surface area contributed by atoms with Gasteiger partial charge >= 0.3 is 11.9 Å². The summed E-state index contributed by atoms with van der Waals surface area (Å²) < 4.78 is 0. The molecule has 4 nitrogen and oxygen atoms in total. The number of carboxylic acid groups (broad SMARTS) is 2. The summed E-state index contributed by atoms with van der Waals surface area (Å²) in [5.74, 6) is -2.02. The van der Waals surface area contributed by atoms with Gasteiger partial charge in [0.1, 0.15) is 0 Å². The van der Waals surface area contributed by atoms with Gasteiger partial charge < -0.3 is 10.2 Å². The number of allylic oxidation sites excluding steroid dienone is 1. The van der Waals surface area contributed by atoms with Crippen LogP contribution in [-0.4, -0.2) is 22.2 Å². The monoisotopic (exact) mass is 246 g/mol. The first-order chi connectivity index (χ1) is 7.26. The molecule has 1 rings (SSSR count). The third-order valence-electron chi connectivity index (χ3n) is 3.27. The normalized spacial score (nSPS) is 34.3. The van der Waals surface area contributed by atoms with Gasteiger partial charge in [0, 0.05) is 5.03 Å². The fourth-order valence-corrected chi connectivity index (χ4v) is 2.70. The summed E-state index contributed by atoms with van der Waals surface area (Å²) in [4.78, 5) is 22.4. The molecule has 0 radical (unpaired) electrons. The highest BCUT2D eigenvalue weighted by molar-refractivity contribution is 6.30. The zero-order chi connectivity index (χ0) is 12.6. The predicted octanol–water partition coefficient (Wildman–Crippen LogP) is 2.47. The van der Waals surface area contributed by atoms with E-state index in [0.717, 1.165) is 0 Å². The molecular formula is C11H15ClO4. The molecule has 0 aromatic heterocycles. The summed E-state index contributed by atoms with van der Waals surface area (Å²) in [7, 11) is 0. The topological polar surface area (TPSA) is 74.6 Å². The highest BCUT2D eigenvalue weighted by Gasteiger charge is 2.49. The van der Waals surface area contributed by atoms with Crippen molar-refractivity contribution < 1.29 is 19.8 Å². The number of carbonyl (C=O) groups is 2. The quantitative estimate of drug-likeness (QED) is 0.802. The van der Waals surface area contributed by atoms with Crippen LogP contribution in [0.15, 0.2) is 11.1 Å². The third-order valence-corrected chi connectivity index (χ3v) is 3.51. The molecule has 5 heteroatoms. The van der Waals surface area contributed by atoms with E-state index in [0.29, 0.717) is 11.5 Å². The van der Waals surface area contributed by atoms with Gasteiger partial charge in [-0.25, -0.2) is 0 Å². The zero-order valence-corrected chi connectivity index (χ0v) is 10.0. The number of hydrogen-bond donors (Lipinski definition) is 2. The minimum Gasteiger partial charge on any atom is -0.481 e.